The normalized spacial score (nSPS) is 13.7. The minimum absolute atomic E-state index is 0.417. The number of urea groups is 1. The number of aliphatic carboxylic acids is 1. The standard InChI is InChI=1S/C12H22N4O5/c1-6(9(18)16-12(2,3)4)14-11(21)15-7(10(19)20)5-8(13)17/h6-7H,5H2,1-4H3,(H2,13,17)(H,16,18)(H,19,20)(H2,14,15,21)/t6?,7-/m0/s1. The number of nitrogens with one attached hydrogen (secondary N) is 3. The Morgan fingerprint density at radius 1 is 1.14 bits per heavy atom. The van der Waals surface area contributed by atoms with Gasteiger partial charge in [0.05, 0.1) is 6.42 Å². The molecule has 9 heteroatoms. The van der Waals surface area contributed by atoms with E-state index in [-0.39, 0.29) is 0 Å². The van der Waals surface area contributed by atoms with E-state index in [9.17, 15) is 19.2 Å². The molecule has 9 nitrogen and oxygen atoms in total. The molecule has 0 aliphatic heterocycles. The fraction of sp³-hybridized carbons (Fsp3) is 0.667. The highest BCUT2D eigenvalue weighted by molar-refractivity contribution is 5.90. The quantitative estimate of drug-likeness (QED) is 0.422. The maximum absolute atomic E-state index is 11.7. The molecule has 0 saturated heterocycles. The summed E-state index contributed by atoms with van der Waals surface area (Å²) < 4.78 is 0. The van der Waals surface area contributed by atoms with E-state index in [1.165, 1.54) is 6.92 Å². The molecule has 0 aromatic rings. The van der Waals surface area contributed by atoms with Gasteiger partial charge in [-0.15, -0.1) is 0 Å². The first-order chi connectivity index (χ1) is 9.42. The SMILES string of the molecule is CC(NC(=O)N[C@@H](CC(N)=O)C(=O)O)C(=O)NC(C)(C)C. The molecule has 0 aliphatic carbocycles. The largest absolute Gasteiger partial charge is 0.480 e. The van der Waals surface area contributed by atoms with E-state index in [2.05, 4.69) is 16.0 Å². The van der Waals surface area contributed by atoms with Crippen molar-refractivity contribution < 1.29 is 24.3 Å². The molecule has 0 aliphatic rings. The molecule has 120 valence electrons. The van der Waals surface area contributed by atoms with Crippen molar-refractivity contribution in [1.82, 2.24) is 16.0 Å². The van der Waals surface area contributed by atoms with Gasteiger partial charge in [-0.1, -0.05) is 0 Å². The number of primary amides is 1. The molecule has 0 heterocycles. The van der Waals surface area contributed by atoms with Crippen LogP contribution < -0.4 is 21.7 Å². The van der Waals surface area contributed by atoms with E-state index in [4.69, 9.17) is 10.8 Å². The predicted octanol–water partition coefficient (Wildman–Crippen LogP) is -1.08. The van der Waals surface area contributed by atoms with E-state index in [1.807, 2.05) is 0 Å². The second-order valence-electron chi connectivity index (χ2n) is 5.64. The lowest BCUT2D eigenvalue weighted by molar-refractivity contribution is -0.140. The fourth-order valence-corrected chi connectivity index (χ4v) is 1.34. The first-order valence-electron chi connectivity index (χ1n) is 6.32. The molecule has 6 N–H and O–H groups in total. The Balaban J connectivity index is 4.50. The number of carbonyl (C=O) groups is 4. The van der Waals surface area contributed by atoms with Crippen LogP contribution >= 0.6 is 0 Å². The third-order valence-electron chi connectivity index (χ3n) is 2.25. The molecular weight excluding hydrogens is 280 g/mol. The van der Waals surface area contributed by atoms with Gasteiger partial charge in [0.1, 0.15) is 12.1 Å². The summed E-state index contributed by atoms with van der Waals surface area (Å²) in [6, 6.07) is -3.19. The number of hydrogen-bond acceptors (Lipinski definition) is 4. The number of carboxylic acids is 1. The van der Waals surface area contributed by atoms with Crippen LogP contribution in [0, 0.1) is 0 Å². The molecule has 0 bridgehead atoms. The number of hydrogen-bond donors (Lipinski definition) is 5. The summed E-state index contributed by atoms with van der Waals surface area (Å²) in [5.41, 5.74) is 4.43. The third-order valence-corrected chi connectivity index (χ3v) is 2.25. The van der Waals surface area contributed by atoms with Gasteiger partial charge in [-0.3, -0.25) is 9.59 Å². The number of carbonyl (C=O) groups excluding carboxylic acids is 3. The second kappa shape index (κ2) is 7.46. The van der Waals surface area contributed by atoms with Crippen LogP contribution in [0.1, 0.15) is 34.1 Å². The summed E-state index contributed by atoms with van der Waals surface area (Å²) >= 11 is 0. The Hall–Kier alpha value is -2.32. The third kappa shape index (κ3) is 8.45. The molecule has 21 heavy (non-hydrogen) atoms. The molecule has 4 amide bonds. The van der Waals surface area contributed by atoms with Crippen molar-refractivity contribution in [3.05, 3.63) is 0 Å². The summed E-state index contributed by atoms with van der Waals surface area (Å²) in [4.78, 5) is 44.9. The zero-order chi connectivity index (χ0) is 16.8. The van der Waals surface area contributed by atoms with Crippen LogP contribution in [-0.4, -0.2) is 46.5 Å². The Morgan fingerprint density at radius 2 is 1.67 bits per heavy atom. The second-order valence-corrected chi connectivity index (χ2v) is 5.64. The van der Waals surface area contributed by atoms with Crippen molar-refractivity contribution in [3.8, 4) is 0 Å². The fourth-order valence-electron chi connectivity index (χ4n) is 1.34. The monoisotopic (exact) mass is 302 g/mol. The van der Waals surface area contributed by atoms with Crippen LogP contribution in [0.2, 0.25) is 0 Å². The van der Waals surface area contributed by atoms with Crippen LogP contribution in [0.4, 0.5) is 4.79 Å². The zero-order valence-electron chi connectivity index (χ0n) is 12.5. The smallest absolute Gasteiger partial charge is 0.326 e. The summed E-state index contributed by atoms with van der Waals surface area (Å²) in [5.74, 6) is -2.67. The number of rotatable bonds is 6. The van der Waals surface area contributed by atoms with Gasteiger partial charge in [0.25, 0.3) is 0 Å². The topological polar surface area (TPSA) is 151 Å². The van der Waals surface area contributed by atoms with Crippen LogP contribution in [0.25, 0.3) is 0 Å². The number of amides is 4. The molecule has 0 aromatic carbocycles. The molecule has 0 rings (SSSR count). The van der Waals surface area contributed by atoms with E-state index in [0.29, 0.717) is 0 Å². The first-order valence-corrected chi connectivity index (χ1v) is 6.32. The predicted molar refractivity (Wildman–Crippen MR) is 74.3 cm³/mol. The van der Waals surface area contributed by atoms with Gasteiger partial charge in [-0.05, 0) is 27.7 Å². The molecule has 1 unspecified atom stereocenters. The van der Waals surface area contributed by atoms with E-state index in [1.54, 1.807) is 20.8 Å². The molecule has 0 fully saturated rings. The van der Waals surface area contributed by atoms with Gasteiger partial charge < -0.3 is 26.8 Å². The highest BCUT2D eigenvalue weighted by Crippen LogP contribution is 1.99. The van der Waals surface area contributed by atoms with E-state index < -0.39 is 47.9 Å². The molecule has 2 atom stereocenters. The molecule has 0 spiro atoms. The van der Waals surface area contributed by atoms with Crippen molar-refractivity contribution in [2.75, 3.05) is 0 Å². The zero-order valence-corrected chi connectivity index (χ0v) is 12.5. The van der Waals surface area contributed by atoms with Crippen molar-refractivity contribution in [1.29, 1.82) is 0 Å². The van der Waals surface area contributed by atoms with Crippen LogP contribution in [-0.2, 0) is 14.4 Å². The minimum atomic E-state index is -1.44. The average molecular weight is 302 g/mol. The number of carboxylic acid groups (broad SMARTS) is 1. The van der Waals surface area contributed by atoms with Gasteiger partial charge >= 0.3 is 12.0 Å². The highest BCUT2D eigenvalue weighted by atomic mass is 16.4. The lowest BCUT2D eigenvalue weighted by Crippen LogP contribution is -2.55. The Labute approximate surface area is 122 Å². The summed E-state index contributed by atoms with van der Waals surface area (Å²) in [7, 11) is 0. The molecule has 0 saturated carbocycles. The van der Waals surface area contributed by atoms with Gasteiger partial charge in [-0.2, -0.15) is 0 Å². The lowest BCUT2D eigenvalue weighted by Gasteiger charge is -2.24. The Morgan fingerprint density at radius 3 is 2.05 bits per heavy atom. The summed E-state index contributed by atoms with van der Waals surface area (Å²) in [6.45, 7) is 6.80. The van der Waals surface area contributed by atoms with Crippen LogP contribution in [0.15, 0.2) is 0 Å². The van der Waals surface area contributed by atoms with Crippen LogP contribution in [0.5, 0.6) is 0 Å². The molecule has 0 aromatic heterocycles. The van der Waals surface area contributed by atoms with Crippen molar-refractivity contribution in [2.45, 2.75) is 51.7 Å². The van der Waals surface area contributed by atoms with E-state index in [0.717, 1.165) is 0 Å². The molecule has 0 radical (unpaired) electrons. The van der Waals surface area contributed by atoms with Crippen molar-refractivity contribution >= 4 is 23.8 Å². The maximum atomic E-state index is 11.7. The van der Waals surface area contributed by atoms with Gasteiger partial charge in [0.15, 0.2) is 0 Å². The lowest BCUT2D eigenvalue weighted by atomic mass is 10.1. The summed E-state index contributed by atoms with van der Waals surface area (Å²) in [6.07, 6.45) is -0.536. The first kappa shape index (κ1) is 18.7. The van der Waals surface area contributed by atoms with Crippen LogP contribution in [0.3, 0.4) is 0 Å². The average Bonchev–Trinajstić information content (AvgIpc) is 2.24. The van der Waals surface area contributed by atoms with Gasteiger partial charge in [-0.25, -0.2) is 9.59 Å². The highest BCUT2D eigenvalue weighted by Gasteiger charge is 2.25. The minimum Gasteiger partial charge on any atom is -0.480 e. The summed E-state index contributed by atoms with van der Waals surface area (Å²) in [5, 5.41) is 15.8. The Kier molecular flexibility index (Phi) is 6.64. The Bertz CT molecular complexity index is 430. The molecular formula is C12H22N4O5. The van der Waals surface area contributed by atoms with Gasteiger partial charge in [0.2, 0.25) is 11.8 Å². The maximum Gasteiger partial charge on any atom is 0.326 e. The van der Waals surface area contributed by atoms with Gasteiger partial charge in [0, 0.05) is 5.54 Å². The number of nitrogens with two attached hydrogens (primary N) is 1. The van der Waals surface area contributed by atoms with E-state index >= 15 is 0 Å². The van der Waals surface area contributed by atoms with Crippen molar-refractivity contribution in [2.24, 2.45) is 5.73 Å². The van der Waals surface area contributed by atoms with Crippen molar-refractivity contribution in [3.63, 3.8) is 0 Å².